The smallest absolute Gasteiger partial charge is 0.335 e. The lowest BCUT2D eigenvalue weighted by molar-refractivity contribution is 0.0697. The standard InChI is InChI=1S/C16H24N2O3/c1-16(2,3)9-11-18-15(21)17-10-8-12-4-6-13(7-5-12)14(19)20/h4-7H,8-11H2,1-3H3,(H,19,20)(H2,17,18,21). The minimum absolute atomic E-state index is 0.165. The second-order valence-electron chi connectivity index (χ2n) is 6.25. The molecule has 1 aromatic carbocycles. The maximum atomic E-state index is 11.6. The first-order chi connectivity index (χ1) is 9.78. The molecule has 0 fully saturated rings. The topological polar surface area (TPSA) is 78.4 Å². The highest BCUT2D eigenvalue weighted by atomic mass is 16.4. The number of benzene rings is 1. The summed E-state index contributed by atoms with van der Waals surface area (Å²) in [6.07, 6.45) is 1.60. The lowest BCUT2D eigenvalue weighted by Crippen LogP contribution is -2.38. The number of carboxylic acids is 1. The summed E-state index contributed by atoms with van der Waals surface area (Å²) < 4.78 is 0. The molecule has 0 aliphatic heterocycles. The van der Waals surface area contributed by atoms with Gasteiger partial charge in [-0.2, -0.15) is 0 Å². The average Bonchev–Trinajstić information content (AvgIpc) is 2.37. The van der Waals surface area contributed by atoms with E-state index in [-0.39, 0.29) is 17.0 Å². The van der Waals surface area contributed by atoms with Gasteiger partial charge in [0.25, 0.3) is 0 Å². The number of carboxylic acid groups (broad SMARTS) is 1. The fraction of sp³-hybridized carbons (Fsp3) is 0.500. The number of aromatic carboxylic acids is 1. The molecule has 116 valence electrons. The number of nitrogens with one attached hydrogen (secondary N) is 2. The van der Waals surface area contributed by atoms with Crippen LogP contribution < -0.4 is 10.6 Å². The number of rotatable bonds is 6. The van der Waals surface area contributed by atoms with Crippen LogP contribution in [0.1, 0.15) is 43.1 Å². The molecule has 0 saturated heterocycles. The summed E-state index contributed by atoms with van der Waals surface area (Å²) in [5, 5.41) is 14.4. The molecule has 0 saturated carbocycles. The van der Waals surface area contributed by atoms with Crippen LogP contribution >= 0.6 is 0 Å². The van der Waals surface area contributed by atoms with E-state index in [1.807, 2.05) is 0 Å². The van der Waals surface area contributed by atoms with E-state index >= 15 is 0 Å². The Hall–Kier alpha value is -2.04. The monoisotopic (exact) mass is 292 g/mol. The Labute approximate surface area is 125 Å². The Morgan fingerprint density at radius 1 is 1.05 bits per heavy atom. The molecule has 0 atom stereocenters. The van der Waals surface area contributed by atoms with Gasteiger partial charge in [0.05, 0.1) is 5.56 Å². The number of carbonyl (C=O) groups is 2. The van der Waals surface area contributed by atoms with E-state index in [4.69, 9.17) is 5.11 Å². The Bertz CT molecular complexity index is 475. The van der Waals surface area contributed by atoms with Gasteiger partial charge >= 0.3 is 12.0 Å². The summed E-state index contributed by atoms with van der Waals surface area (Å²) in [5.41, 5.74) is 1.47. The van der Waals surface area contributed by atoms with E-state index < -0.39 is 5.97 Å². The van der Waals surface area contributed by atoms with Gasteiger partial charge in [-0.25, -0.2) is 9.59 Å². The number of urea groups is 1. The summed E-state index contributed by atoms with van der Waals surface area (Å²) in [6, 6.07) is 6.51. The maximum absolute atomic E-state index is 11.6. The summed E-state index contributed by atoms with van der Waals surface area (Å²) in [6.45, 7) is 7.57. The molecule has 0 aliphatic carbocycles. The van der Waals surface area contributed by atoms with E-state index in [2.05, 4.69) is 31.4 Å². The van der Waals surface area contributed by atoms with Gasteiger partial charge in [-0.1, -0.05) is 32.9 Å². The molecule has 5 heteroatoms. The Balaban J connectivity index is 2.24. The molecule has 21 heavy (non-hydrogen) atoms. The van der Waals surface area contributed by atoms with Crippen molar-refractivity contribution in [2.75, 3.05) is 13.1 Å². The minimum Gasteiger partial charge on any atom is -0.478 e. The second kappa shape index (κ2) is 7.67. The van der Waals surface area contributed by atoms with Gasteiger partial charge < -0.3 is 15.7 Å². The van der Waals surface area contributed by atoms with Crippen LogP contribution in [-0.4, -0.2) is 30.2 Å². The predicted octanol–water partition coefficient (Wildman–Crippen LogP) is 2.66. The maximum Gasteiger partial charge on any atom is 0.335 e. The van der Waals surface area contributed by atoms with Gasteiger partial charge in [0, 0.05) is 13.1 Å². The van der Waals surface area contributed by atoms with Crippen molar-refractivity contribution in [1.29, 1.82) is 0 Å². The Kier molecular flexibility index (Phi) is 6.21. The van der Waals surface area contributed by atoms with Crippen molar-refractivity contribution in [3.05, 3.63) is 35.4 Å². The molecule has 1 rings (SSSR count). The van der Waals surface area contributed by atoms with Gasteiger partial charge in [0.15, 0.2) is 0 Å². The fourth-order valence-corrected chi connectivity index (χ4v) is 1.75. The van der Waals surface area contributed by atoms with Crippen molar-refractivity contribution in [2.24, 2.45) is 5.41 Å². The first-order valence-electron chi connectivity index (χ1n) is 7.12. The third-order valence-electron chi connectivity index (χ3n) is 3.06. The lowest BCUT2D eigenvalue weighted by atomic mass is 9.92. The molecule has 1 aromatic rings. The molecule has 0 unspecified atom stereocenters. The highest BCUT2D eigenvalue weighted by Gasteiger charge is 2.10. The molecule has 0 aromatic heterocycles. The molecule has 5 nitrogen and oxygen atoms in total. The quantitative estimate of drug-likeness (QED) is 0.754. The second-order valence-corrected chi connectivity index (χ2v) is 6.25. The fourth-order valence-electron chi connectivity index (χ4n) is 1.75. The van der Waals surface area contributed by atoms with Gasteiger partial charge in [-0.05, 0) is 36.0 Å². The molecular formula is C16H24N2O3. The van der Waals surface area contributed by atoms with E-state index in [1.165, 1.54) is 0 Å². The highest BCUT2D eigenvalue weighted by molar-refractivity contribution is 5.87. The van der Waals surface area contributed by atoms with Crippen LogP contribution in [0.4, 0.5) is 4.79 Å². The molecule has 0 heterocycles. The zero-order valence-electron chi connectivity index (χ0n) is 12.9. The van der Waals surface area contributed by atoms with Crippen LogP contribution in [0, 0.1) is 5.41 Å². The number of hydrogen-bond donors (Lipinski definition) is 3. The average molecular weight is 292 g/mol. The normalized spacial score (nSPS) is 11.0. The van der Waals surface area contributed by atoms with Crippen LogP contribution in [0.2, 0.25) is 0 Å². The Morgan fingerprint density at radius 3 is 2.14 bits per heavy atom. The zero-order chi connectivity index (χ0) is 15.9. The summed E-state index contributed by atoms with van der Waals surface area (Å²) in [4.78, 5) is 22.3. The van der Waals surface area contributed by atoms with Crippen molar-refractivity contribution >= 4 is 12.0 Å². The van der Waals surface area contributed by atoms with Gasteiger partial charge in [0.1, 0.15) is 0 Å². The van der Waals surface area contributed by atoms with Crippen molar-refractivity contribution in [2.45, 2.75) is 33.6 Å². The van der Waals surface area contributed by atoms with Crippen molar-refractivity contribution < 1.29 is 14.7 Å². The summed E-state index contributed by atoms with van der Waals surface area (Å²) in [7, 11) is 0. The van der Waals surface area contributed by atoms with Crippen LogP contribution in [0.15, 0.2) is 24.3 Å². The van der Waals surface area contributed by atoms with Gasteiger partial charge in [-0.15, -0.1) is 0 Å². The molecule has 0 aliphatic rings. The first kappa shape index (κ1) is 17.0. The largest absolute Gasteiger partial charge is 0.478 e. The third kappa shape index (κ3) is 7.34. The van der Waals surface area contributed by atoms with E-state index in [9.17, 15) is 9.59 Å². The first-order valence-corrected chi connectivity index (χ1v) is 7.12. The Morgan fingerprint density at radius 2 is 1.62 bits per heavy atom. The van der Waals surface area contributed by atoms with E-state index in [0.29, 0.717) is 19.5 Å². The minimum atomic E-state index is -0.932. The predicted molar refractivity (Wildman–Crippen MR) is 82.6 cm³/mol. The van der Waals surface area contributed by atoms with Crippen LogP contribution in [0.3, 0.4) is 0 Å². The van der Waals surface area contributed by atoms with Gasteiger partial charge in [0.2, 0.25) is 0 Å². The number of hydrogen-bond acceptors (Lipinski definition) is 2. The van der Waals surface area contributed by atoms with Crippen molar-refractivity contribution in [1.82, 2.24) is 10.6 Å². The molecule has 2 amide bonds. The molecule has 0 spiro atoms. The summed E-state index contributed by atoms with van der Waals surface area (Å²) >= 11 is 0. The molecule has 0 radical (unpaired) electrons. The van der Waals surface area contributed by atoms with Crippen LogP contribution in [-0.2, 0) is 6.42 Å². The number of amides is 2. The lowest BCUT2D eigenvalue weighted by Gasteiger charge is -2.18. The van der Waals surface area contributed by atoms with Crippen molar-refractivity contribution in [3.8, 4) is 0 Å². The van der Waals surface area contributed by atoms with Crippen molar-refractivity contribution in [3.63, 3.8) is 0 Å². The van der Waals surface area contributed by atoms with Crippen LogP contribution in [0.25, 0.3) is 0 Å². The molecule has 0 bridgehead atoms. The third-order valence-corrected chi connectivity index (χ3v) is 3.06. The number of carbonyl (C=O) groups excluding carboxylic acids is 1. The zero-order valence-corrected chi connectivity index (χ0v) is 12.9. The highest BCUT2D eigenvalue weighted by Crippen LogP contribution is 2.16. The van der Waals surface area contributed by atoms with Gasteiger partial charge in [-0.3, -0.25) is 0 Å². The van der Waals surface area contributed by atoms with E-state index in [1.54, 1.807) is 24.3 Å². The summed E-state index contributed by atoms with van der Waals surface area (Å²) in [5.74, 6) is -0.932. The SMILES string of the molecule is CC(C)(C)CCNC(=O)NCCc1ccc(C(=O)O)cc1. The van der Waals surface area contributed by atoms with E-state index in [0.717, 1.165) is 12.0 Å². The molecule has 3 N–H and O–H groups in total. The molecular weight excluding hydrogens is 268 g/mol. The van der Waals surface area contributed by atoms with Crippen LogP contribution in [0.5, 0.6) is 0 Å².